The first-order valence-electron chi connectivity index (χ1n) is 8.11. The van der Waals surface area contributed by atoms with Crippen LogP contribution in [-0.2, 0) is 6.42 Å². The van der Waals surface area contributed by atoms with Gasteiger partial charge in [-0.05, 0) is 42.2 Å². The van der Waals surface area contributed by atoms with Crippen molar-refractivity contribution in [2.75, 3.05) is 13.1 Å². The number of rotatable bonds is 7. The number of primary amides is 1. The van der Waals surface area contributed by atoms with Crippen molar-refractivity contribution in [2.24, 2.45) is 5.73 Å². The van der Waals surface area contributed by atoms with Gasteiger partial charge in [-0.25, -0.2) is 4.79 Å². The summed E-state index contributed by atoms with van der Waals surface area (Å²) in [6, 6.07) is 14.2. The summed E-state index contributed by atoms with van der Waals surface area (Å²) in [7, 11) is 0. The Morgan fingerprint density at radius 1 is 1.12 bits per heavy atom. The van der Waals surface area contributed by atoms with Crippen molar-refractivity contribution in [3.8, 4) is 0 Å². The van der Waals surface area contributed by atoms with Crippen molar-refractivity contribution in [3.05, 3.63) is 70.8 Å². The highest BCUT2D eigenvalue weighted by atomic mass is 16.3. The summed E-state index contributed by atoms with van der Waals surface area (Å²) < 4.78 is 0. The third kappa shape index (κ3) is 5.61. The molecule has 0 aliphatic rings. The number of nitrogens with one attached hydrogen (secondary N) is 2. The Balaban J connectivity index is 1.75. The van der Waals surface area contributed by atoms with Crippen LogP contribution in [0.1, 0.15) is 33.2 Å². The summed E-state index contributed by atoms with van der Waals surface area (Å²) in [5, 5.41) is 15.5. The van der Waals surface area contributed by atoms with Gasteiger partial charge >= 0.3 is 6.03 Å². The number of carbonyl (C=O) groups is 2. The van der Waals surface area contributed by atoms with Gasteiger partial charge in [-0.3, -0.25) is 4.79 Å². The molecule has 5 N–H and O–H groups in total. The standard InChI is InChI=1S/C19H23N3O3/c1-13-5-2-3-8-16(13)17(23)12-22-19(25)21-10-9-14-6-4-7-15(11-14)18(20)24/h2-8,11,17,23H,9-10,12H2,1H3,(H2,20,24)(H2,21,22,25). The zero-order valence-electron chi connectivity index (χ0n) is 14.2. The molecule has 2 aromatic carbocycles. The molecular formula is C19H23N3O3. The lowest BCUT2D eigenvalue weighted by molar-refractivity contribution is 0.1000. The number of aliphatic hydroxyl groups excluding tert-OH is 1. The first-order valence-corrected chi connectivity index (χ1v) is 8.11. The molecule has 0 saturated heterocycles. The van der Waals surface area contributed by atoms with E-state index in [4.69, 9.17) is 5.73 Å². The van der Waals surface area contributed by atoms with E-state index >= 15 is 0 Å². The predicted octanol–water partition coefficient (Wildman–Crippen LogP) is 1.67. The van der Waals surface area contributed by atoms with Crippen LogP contribution in [0, 0.1) is 6.92 Å². The van der Waals surface area contributed by atoms with E-state index < -0.39 is 12.0 Å². The van der Waals surface area contributed by atoms with Gasteiger partial charge in [0.05, 0.1) is 6.10 Å². The zero-order valence-corrected chi connectivity index (χ0v) is 14.2. The van der Waals surface area contributed by atoms with Crippen LogP contribution in [0.15, 0.2) is 48.5 Å². The summed E-state index contributed by atoms with van der Waals surface area (Å²) in [6.45, 7) is 2.46. The van der Waals surface area contributed by atoms with Crippen LogP contribution in [0.25, 0.3) is 0 Å². The average molecular weight is 341 g/mol. The molecule has 0 aliphatic heterocycles. The van der Waals surface area contributed by atoms with Gasteiger partial charge in [0, 0.05) is 18.7 Å². The van der Waals surface area contributed by atoms with Crippen LogP contribution in [0.5, 0.6) is 0 Å². The molecule has 6 heteroatoms. The summed E-state index contributed by atoms with van der Waals surface area (Å²) in [5.74, 6) is -0.474. The Labute approximate surface area is 147 Å². The monoisotopic (exact) mass is 341 g/mol. The normalized spacial score (nSPS) is 11.6. The van der Waals surface area contributed by atoms with Gasteiger partial charge in [0.2, 0.25) is 5.91 Å². The molecular weight excluding hydrogens is 318 g/mol. The lowest BCUT2D eigenvalue weighted by atomic mass is 10.0. The molecule has 25 heavy (non-hydrogen) atoms. The van der Waals surface area contributed by atoms with Crippen LogP contribution < -0.4 is 16.4 Å². The van der Waals surface area contributed by atoms with Gasteiger partial charge < -0.3 is 21.5 Å². The number of benzene rings is 2. The Bertz CT molecular complexity index is 746. The van der Waals surface area contributed by atoms with Crippen LogP contribution in [0.4, 0.5) is 4.79 Å². The topological polar surface area (TPSA) is 104 Å². The van der Waals surface area contributed by atoms with Crippen LogP contribution in [0.3, 0.4) is 0 Å². The van der Waals surface area contributed by atoms with Gasteiger partial charge in [-0.1, -0.05) is 36.4 Å². The maximum Gasteiger partial charge on any atom is 0.314 e. The maximum atomic E-state index is 11.8. The van der Waals surface area contributed by atoms with Crippen molar-refractivity contribution < 1.29 is 14.7 Å². The molecule has 1 atom stereocenters. The summed E-state index contributed by atoms with van der Waals surface area (Å²) >= 11 is 0. The van der Waals surface area contributed by atoms with Gasteiger partial charge in [-0.2, -0.15) is 0 Å². The van der Waals surface area contributed by atoms with Crippen molar-refractivity contribution in [3.63, 3.8) is 0 Å². The molecule has 0 bridgehead atoms. The fourth-order valence-corrected chi connectivity index (χ4v) is 2.52. The third-order valence-corrected chi connectivity index (χ3v) is 3.91. The summed E-state index contributed by atoms with van der Waals surface area (Å²) in [6.07, 6.45) is -0.172. The van der Waals surface area contributed by atoms with Crippen molar-refractivity contribution in [1.29, 1.82) is 0 Å². The van der Waals surface area contributed by atoms with Crippen LogP contribution in [0.2, 0.25) is 0 Å². The fraction of sp³-hybridized carbons (Fsp3) is 0.263. The smallest absolute Gasteiger partial charge is 0.314 e. The number of hydrogen-bond donors (Lipinski definition) is 4. The molecule has 6 nitrogen and oxygen atoms in total. The van der Waals surface area contributed by atoms with Crippen LogP contribution >= 0.6 is 0 Å². The second-order valence-electron chi connectivity index (χ2n) is 5.82. The molecule has 3 amide bonds. The molecule has 0 aromatic heterocycles. The predicted molar refractivity (Wildman–Crippen MR) is 96.2 cm³/mol. The van der Waals surface area contributed by atoms with E-state index in [1.165, 1.54) is 0 Å². The number of nitrogens with two attached hydrogens (primary N) is 1. The molecule has 0 spiro atoms. The number of amides is 3. The molecule has 0 fully saturated rings. The van der Waals surface area contributed by atoms with E-state index in [1.54, 1.807) is 18.2 Å². The van der Waals surface area contributed by atoms with Gasteiger partial charge in [0.15, 0.2) is 0 Å². The molecule has 0 radical (unpaired) electrons. The van der Waals surface area contributed by atoms with Crippen molar-refractivity contribution in [1.82, 2.24) is 10.6 Å². The van der Waals surface area contributed by atoms with E-state index in [-0.39, 0.29) is 12.6 Å². The van der Waals surface area contributed by atoms with E-state index in [0.29, 0.717) is 18.5 Å². The second kappa shape index (κ2) is 8.84. The molecule has 0 aliphatic carbocycles. The SMILES string of the molecule is Cc1ccccc1C(O)CNC(=O)NCCc1cccc(C(N)=O)c1. The fourth-order valence-electron chi connectivity index (χ4n) is 2.52. The second-order valence-corrected chi connectivity index (χ2v) is 5.82. The number of carbonyl (C=O) groups excluding carboxylic acids is 2. The molecule has 1 unspecified atom stereocenters. The largest absolute Gasteiger partial charge is 0.387 e. The Morgan fingerprint density at radius 2 is 1.88 bits per heavy atom. The molecule has 2 rings (SSSR count). The zero-order chi connectivity index (χ0) is 18.2. The minimum Gasteiger partial charge on any atom is -0.387 e. The molecule has 132 valence electrons. The van der Waals surface area contributed by atoms with E-state index in [0.717, 1.165) is 16.7 Å². The van der Waals surface area contributed by atoms with Gasteiger partial charge in [0.1, 0.15) is 0 Å². The highest BCUT2D eigenvalue weighted by Crippen LogP contribution is 2.16. The number of hydrogen-bond acceptors (Lipinski definition) is 3. The first kappa shape index (κ1) is 18.5. The highest BCUT2D eigenvalue weighted by Gasteiger charge is 2.11. The highest BCUT2D eigenvalue weighted by molar-refractivity contribution is 5.92. The third-order valence-electron chi connectivity index (χ3n) is 3.91. The van der Waals surface area contributed by atoms with E-state index in [9.17, 15) is 14.7 Å². The molecule has 0 heterocycles. The number of urea groups is 1. The van der Waals surface area contributed by atoms with Gasteiger partial charge in [-0.15, -0.1) is 0 Å². The number of aliphatic hydroxyl groups is 1. The lowest BCUT2D eigenvalue weighted by Gasteiger charge is -2.15. The number of aryl methyl sites for hydroxylation is 1. The Hall–Kier alpha value is -2.86. The minimum atomic E-state index is -0.751. The Morgan fingerprint density at radius 3 is 2.60 bits per heavy atom. The molecule has 2 aromatic rings. The lowest BCUT2D eigenvalue weighted by Crippen LogP contribution is -2.38. The van der Waals surface area contributed by atoms with Gasteiger partial charge in [0.25, 0.3) is 0 Å². The minimum absolute atomic E-state index is 0.133. The van der Waals surface area contributed by atoms with E-state index in [2.05, 4.69) is 10.6 Å². The maximum absolute atomic E-state index is 11.8. The summed E-state index contributed by atoms with van der Waals surface area (Å²) in [4.78, 5) is 23.0. The average Bonchev–Trinajstić information content (AvgIpc) is 2.60. The van der Waals surface area contributed by atoms with Crippen molar-refractivity contribution in [2.45, 2.75) is 19.4 Å². The Kier molecular flexibility index (Phi) is 6.54. The first-order chi connectivity index (χ1) is 12.0. The summed E-state index contributed by atoms with van der Waals surface area (Å²) in [5.41, 5.74) is 8.38. The van der Waals surface area contributed by atoms with E-state index in [1.807, 2.05) is 37.3 Å². The van der Waals surface area contributed by atoms with Crippen LogP contribution in [-0.4, -0.2) is 30.1 Å². The molecule has 0 saturated carbocycles. The quantitative estimate of drug-likeness (QED) is 0.616. The van der Waals surface area contributed by atoms with Crippen molar-refractivity contribution >= 4 is 11.9 Å².